The monoisotopic (exact) mass is 295 g/mol. The lowest BCUT2D eigenvalue weighted by Crippen LogP contribution is -2.40. The van der Waals surface area contributed by atoms with Gasteiger partial charge in [0, 0.05) is 37.3 Å². The quantitative estimate of drug-likeness (QED) is 0.859. The van der Waals surface area contributed by atoms with Gasteiger partial charge < -0.3 is 4.90 Å². The molecule has 1 aromatic carbocycles. The Bertz CT molecular complexity index is 631. The Morgan fingerprint density at radius 2 is 2.00 bits per heavy atom. The first-order valence-electron chi connectivity index (χ1n) is 8.31. The standard InChI is InChI=1S/C18H21N3O/c19-11-14-2-1-3-15(10-14)18(22)21-9-7-16-17(21)6-8-20(16)12-13-4-5-13/h1-3,10,13,16-17H,4-9,12H2/t16-,17+/m1/s1. The van der Waals surface area contributed by atoms with E-state index in [0.29, 0.717) is 23.2 Å². The van der Waals surface area contributed by atoms with E-state index in [1.807, 2.05) is 11.0 Å². The highest BCUT2D eigenvalue weighted by Crippen LogP contribution is 2.37. The van der Waals surface area contributed by atoms with Crippen LogP contribution in [-0.4, -0.2) is 47.4 Å². The van der Waals surface area contributed by atoms with Crippen LogP contribution < -0.4 is 0 Å². The minimum atomic E-state index is 0.0953. The second-order valence-electron chi connectivity index (χ2n) is 6.84. The lowest BCUT2D eigenvalue weighted by molar-refractivity contribution is 0.0732. The van der Waals surface area contributed by atoms with Crippen LogP contribution in [0.1, 0.15) is 41.6 Å². The maximum absolute atomic E-state index is 12.8. The Morgan fingerprint density at radius 1 is 1.18 bits per heavy atom. The van der Waals surface area contributed by atoms with Crippen LogP contribution in [0.4, 0.5) is 0 Å². The summed E-state index contributed by atoms with van der Waals surface area (Å²) in [7, 11) is 0. The summed E-state index contributed by atoms with van der Waals surface area (Å²) < 4.78 is 0. The first kappa shape index (κ1) is 13.8. The van der Waals surface area contributed by atoms with Gasteiger partial charge in [0.1, 0.15) is 0 Å². The van der Waals surface area contributed by atoms with Gasteiger partial charge in [0.25, 0.3) is 5.91 Å². The molecule has 1 aromatic rings. The van der Waals surface area contributed by atoms with Crippen molar-refractivity contribution in [2.24, 2.45) is 5.92 Å². The Balaban J connectivity index is 1.49. The van der Waals surface area contributed by atoms with Gasteiger partial charge >= 0.3 is 0 Å². The number of fused-ring (bicyclic) bond motifs is 1. The van der Waals surface area contributed by atoms with Gasteiger partial charge in [-0.15, -0.1) is 0 Å². The van der Waals surface area contributed by atoms with Gasteiger partial charge in [-0.2, -0.15) is 5.26 Å². The third kappa shape index (κ3) is 2.40. The molecule has 0 spiro atoms. The topological polar surface area (TPSA) is 47.3 Å². The second kappa shape index (κ2) is 5.40. The van der Waals surface area contributed by atoms with Gasteiger partial charge in [0.2, 0.25) is 0 Å². The second-order valence-corrected chi connectivity index (χ2v) is 6.84. The van der Waals surface area contributed by atoms with Gasteiger partial charge in [-0.3, -0.25) is 9.69 Å². The van der Waals surface area contributed by atoms with Gasteiger partial charge in [-0.05, 0) is 49.8 Å². The largest absolute Gasteiger partial charge is 0.334 e. The summed E-state index contributed by atoms with van der Waals surface area (Å²) in [5, 5.41) is 9.00. The average molecular weight is 295 g/mol. The molecule has 0 aromatic heterocycles. The van der Waals surface area contributed by atoms with E-state index in [0.717, 1.165) is 31.8 Å². The normalized spacial score (nSPS) is 27.7. The molecule has 4 nitrogen and oxygen atoms in total. The van der Waals surface area contributed by atoms with E-state index in [1.165, 1.54) is 19.4 Å². The fourth-order valence-corrected chi connectivity index (χ4v) is 4.07. The Morgan fingerprint density at radius 3 is 2.77 bits per heavy atom. The van der Waals surface area contributed by atoms with Crippen LogP contribution >= 0.6 is 0 Å². The Kier molecular flexibility index (Phi) is 3.38. The lowest BCUT2D eigenvalue weighted by Gasteiger charge is -2.25. The number of hydrogen-bond acceptors (Lipinski definition) is 3. The van der Waals surface area contributed by atoms with Crippen LogP contribution in [0.2, 0.25) is 0 Å². The number of carbonyl (C=O) groups excluding carboxylic acids is 1. The van der Waals surface area contributed by atoms with E-state index in [1.54, 1.807) is 18.2 Å². The zero-order chi connectivity index (χ0) is 15.1. The van der Waals surface area contributed by atoms with E-state index in [-0.39, 0.29) is 5.91 Å². The van der Waals surface area contributed by atoms with Crippen LogP contribution in [-0.2, 0) is 0 Å². The summed E-state index contributed by atoms with van der Waals surface area (Å²) in [6.45, 7) is 3.22. The molecule has 2 heterocycles. The molecule has 0 radical (unpaired) electrons. The van der Waals surface area contributed by atoms with E-state index in [4.69, 9.17) is 5.26 Å². The first-order chi connectivity index (χ1) is 10.8. The predicted molar refractivity (Wildman–Crippen MR) is 83.3 cm³/mol. The average Bonchev–Trinajstić information content (AvgIpc) is 3.13. The van der Waals surface area contributed by atoms with Crippen molar-refractivity contribution < 1.29 is 4.79 Å². The van der Waals surface area contributed by atoms with Gasteiger partial charge in [-0.25, -0.2) is 0 Å². The molecular formula is C18H21N3O. The third-order valence-electron chi connectivity index (χ3n) is 5.38. The molecule has 22 heavy (non-hydrogen) atoms. The molecule has 1 aliphatic carbocycles. The number of hydrogen-bond donors (Lipinski definition) is 0. The van der Waals surface area contributed by atoms with Crippen molar-refractivity contribution in [3.8, 4) is 6.07 Å². The van der Waals surface area contributed by atoms with Gasteiger partial charge in [0.05, 0.1) is 11.6 Å². The Labute approximate surface area is 131 Å². The lowest BCUT2D eigenvalue weighted by atomic mass is 10.1. The van der Waals surface area contributed by atoms with Gasteiger partial charge in [-0.1, -0.05) is 6.07 Å². The summed E-state index contributed by atoms with van der Waals surface area (Å²) in [6.07, 6.45) is 4.97. The maximum atomic E-state index is 12.8. The fraction of sp³-hybridized carbons (Fsp3) is 0.556. The van der Waals surface area contributed by atoms with Crippen LogP contribution in [0, 0.1) is 17.2 Å². The van der Waals surface area contributed by atoms with E-state index in [2.05, 4.69) is 11.0 Å². The SMILES string of the molecule is N#Cc1cccc(C(=O)N2CC[C@@H]3[C@@H]2CCN3CC2CC2)c1. The third-order valence-corrected chi connectivity index (χ3v) is 5.38. The molecule has 2 aliphatic heterocycles. The fourth-order valence-electron chi connectivity index (χ4n) is 4.07. The molecule has 3 fully saturated rings. The van der Waals surface area contributed by atoms with Crippen molar-refractivity contribution in [3.05, 3.63) is 35.4 Å². The summed E-state index contributed by atoms with van der Waals surface area (Å²) >= 11 is 0. The van der Waals surface area contributed by atoms with E-state index < -0.39 is 0 Å². The molecule has 3 aliphatic rings. The van der Waals surface area contributed by atoms with Crippen molar-refractivity contribution >= 4 is 5.91 Å². The van der Waals surface area contributed by atoms with Crippen LogP contribution in [0.5, 0.6) is 0 Å². The maximum Gasteiger partial charge on any atom is 0.254 e. The van der Waals surface area contributed by atoms with Crippen molar-refractivity contribution in [3.63, 3.8) is 0 Å². The molecule has 4 rings (SSSR count). The number of amides is 1. The molecule has 0 bridgehead atoms. The number of nitrogens with zero attached hydrogens (tertiary/aromatic N) is 3. The zero-order valence-electron chi connectivity index (χ0n) is 12.7. The molecule has 1 amide bonds. The molecule has 0 N–H and O–H groups in total. The highest BCUT2D eigenvalue weighted by molar-refractivity contribution is 5.95. The number of carbonyl (C=O) groups is 1. The number of benzene rings is 1. The molecule has 2 atom stereocenters. The molecule has 2 saturated heterocycles. The molecule has 4 heteroatoms. The molecule has 0 unspecified atom stereocenters. The summed E-state index contributed by atoms with van der Waals surface area (Å²) in [4.78, 5) is 17.5. The summed E-state index contributed by atoms with van der Waals surface area (Å²) in [5.74, 6) is 1.01. The number of rotatable bonds is 3. The first-order valence-corrected chi connectivity index (χ1v) is 8.31. The summed E-state index contributed by atoms with van der Waals surface area (Å²) in [5.41, 5.74) is 1.21. The minimum Gasteiger partial charge on any atom is -0.334 e. The van der Waals surface area contributed by atoms with Crippen LogP contribution in [0.25, 0.3) is 0 Å². The smallest absolute Gasteiger partial charge is 0.254 e. The van der Waals surface area contributed by atoms with E-state index >= 15 is 0 Å². The minimum absolute atomic E-state index is 0.0953. The summed E-state index contributed by atoms with van der Waals surface area (Å²) in [6, 6.07) is 10.1. The molecule has 114 valence electrons. The van der Waals surface area contributed by atoms with Gasteiger partial charge in [0.15, 0.2) is 0 Å². The zero-order valence-corrected chi connectivity index (χ0v) is 12.7. The highest BCUT2D eigenvalue weighted by atomic mass is 16.2. The molecular weight excluding hydrogens is 274 g/mol. The predicted octanol–water partition coefficient (Wildman–Crippen LogP) is 2.26. The van der Waals surface area contributed by atoms with Crippen LogP contribution in [0.15, 0.2) is 24.3 Å². The van der Waals surface area contributed by atoms with Crippen molar-refractivity contribution in [2.45, 2.75) is 37.8 Å². The molecule has 1 saturated carbocycles. The highest BCUT2D eigenvalue weighted by Gasteiger charge is 2.45. The number of nitriles is 1. The van der Waals surface area contributed by atoms with Crippen molar-refractivity contribution in [2.75, 3.05) is 19.6 Å². The van der Waals surface area contributed by atoms with Crippen LogP contribution in [0.3, 0.4) is 0 Å². The number of likely N-dealkylation sites (tertiary alicyclic amines) is 2. The van der Waals surface area contributed by atoms with Crippen molar-refractivity contribution in [1.82, 2.24) is 9.80 Å². The van der Waals surface area contributed by atoms with Crippen molar-refractivity contribution in [1.29, 1.82) is 5.26 Å². The Hall–Kier alpha value is -1.86. The van der Waals surface area contributed by atoms with E-state index in [9.17, 15) is 4.79 Å².